The predicted molar refractivity (Wildman–Crippen MR) is 53.3 cm³/mol. The second kappa shape index (κ2) is 3.81. The summed E-state index contributed by atoms with van der Waals surface area (Å²) < 4.78 is 0. The maximum Gasteiger partial charge on any atom is 0.155 e. The second-order valence-electron chi connectivity index (χ2n) is 3.39. The molecule has 1 aliphatic rings. The van der Waals surface area contributed by atoms with E-state index in [-0.39, 0.29) is 0 Å². The van der Waals surface area contributed by atoms with Gasteiger partial charge < -0.3 is 0 Å². The first-order chi connectivity index (χ1) is 6.27. The van der Waals surface area contributed by atoms with Crippen LogP contribution in [0.25, 0.3) is 0 Å². The molecule has 0 spiro atoms. The molecule has 2 rings (SSSR count). The Morgan fingerprint density at radius 2 is 1.85 bits per heavy atom. The molecule has 2 nitrogen and oxygen atoms in total. The van der Waals surface area contributed by atoms with Crippen molar-refractivity contribution in [2.24, 2.45) is 0 Å². The zero-order valence-electron chi connectivity index (χ0n) is 7.13. The van der Waals surface area contributed by atoms with E-state index in [4.69, 9.17) is 23.2 Å². The minimum Gasteiger partial charge on any atom is -0.137 e. The van der Waals surface area contributed by atoms with E-state index >= 15 is 0 Å². The highest BCUT2D eigenvalue weighted by atomic mass is 35.5. The Labute approximate surface area is 87.3 Å². The molecule has 0 amide bonds. The highest BCUT2D eigenvalue weighted by Gasteiger charge is 2.20. The van der Waals surface area contributed by atoms with Crippen LogP contribution in [0.2, 0.25) is 10.3 Å². The quantitative estimate of drug-likeness (QED) is 0.719. The van der Waals surface area contributed by atoms with Crippen LogP contribution in [-0.4, -0.2) is 10.2 Å². The molecule has 0 bridgehead atoms. The average molecular weight is 217 g/mol. The summed E-state index contributed by atoms with van der Waals surface area (Å²) in [5, 5.41) is 8.45. The molecule has 0 atom stereocenters. The fourth-order valence-electron chi connectivity index (χ4n) is 1.89. The molecule has 1 aromatic heterocycles. The Bertz CT molecular complexity index is 308. The van der Waals surface area contributed by atoms with Crippen molar-refractivity contribution in [3.05, 3.63) is 21.9 Å². The smallest absolute Gasteiger partial charge is 0.137 e. The lowest BCUT2D eigenvalue weighted by molar-refractivity contribution is 0.714. The number of hydrogen-bond donors (Lipinski definition) is 0. The van der Waals surface area contributed by atoms with Crippen molar-refractivity contribution >= 4 is 23.2 Å². The van der Waals surface area contributed by atoms with Crippen molar-refractivity contribution in [2.45, 2.75) is 31.6 Å². The van der Waals surface area contributed by atoms with Crippen molar-refractivity contribution in [2.75, 3.05) is 0 Å². The Hall–Kier alpha value is -0.340. The molecule has 0 aliphatic heterocycles. The van der Waals surface area contributed by atoms with Crippen molar-refractivity contribution in [3.8, 4) is 0 Å². The summed E-state index contributed by atoms with van der Waals surface area (Å²) in [5.41, 5.74) is 1.07. The number of rotatable bonds is 1. The van der Waals surface area contributed by atoms with E-state index in [1.165, 1.54) is 25.7 Å². The van der Waals surface area contributed by atoms with Gasteiger partial charge in [0.1, 0.15) is 0 Å². The maximum atomic E-state index is 5.94. The lowest BCUT2D eigenvalue weighted by Gasteiger charge is -2.09. The zero-order valence-corrected chi connectivity index (χ0v) is 8.65. The topological polar surface area (TPSA) is 25.8 Å². The molecule has 0 aromatic carbocycles. The third-order valence-corrected chi connectivity index (χ3v) is 3.02. The normalized spacial score (nSPS) is 18.0. The van der Waals surface area contributed by atoms with Gasteiger partial charge in [-0.05, 0) is 30.4 Å². The Morgan fingerprint density at radius 3 is 2.54 bits per heavy atom. The minimum atomic E-state index is 0.436. The third-order valence-electron chi connectivity index (χ3n) is 2.54. The van der Waals surface area contributed by atoms with Crippen LogP contribution < -0.4 is 0 Å². The summed E-state index contributed by atoms with van der Waals surface area (Å²) in [7, 11) is 0. The van der Waals surface area contributed by atoms with Crippen LogP contribution in [0.1, 0.15) is 37.2 Å². The fourth-order valence-corrected chi connectivity index (χ4v) is 2.29. The van der Waals surface area contributed by atoms with Gasteiger partial charge in [0.25, 0.3) is 0 Å². The summed E-state index contributed by atoms with van der Waals surface area (Å²) in [6, 6.07) is 1.84. The molecule has 0 unspecified atom stereocenters. The fraction of sp³-hybridized carbons (Fsp3) is 0.556. The highest BCUT2D eigenvalue weighted by Crippen LogP contribution is 2.37. The Kier molecular flexibility index (Phi) is 2.70. The molecule has 70 valence electrons. The van der Waals surface area contributed by atoms with Gasteiger partial charge in [-0.25, -0.2) is 0 Å². The molecule has 4 heteroatoms. The average Bonchev–Trinajstić information content (AvgIpc) is 2.61. The minimum absolute atomic E-state index is 0.436. The van der Waals surface area contributed by atoms with Gasteiger partial charge in [-0.15, -0.1) is 10.2 Å². The van der Waals surface area contributed by atoms with Gasteiger partial charge in [0.05, 0.1) is 0 Å². The largest absolute Gasteiger partial charge is 0.155 e. The molecule has 0 radical (unpaired) electrons. The molecule has 1 heterocycles. The van der Waals surface area contributed by atoms with E-state index in [0.717, 1.165) is 5.56 Å². The molecule has 0 saturated heterocycles. The predicted octanol–water partition coefficient (Wildman–Crippen LogP) is 3.44. The molecular weight excluding hydrogens is 207 g/mol. The molecule has 0 N–H and O–H groups in total. The van der Waals surface area contributed by atoms with Crippen LogP contribution in [0.4, 0.5) is 0 Å². The summed E-state index contributed by atoms with van der Waals surface area (Å²) in [5.74, 6) is 0.542. The number of aromatic nitrogens is 2. The van der Waals surface area contributed by atoms with Crippen LogP contribution in [0.15, 0.2) is 6.07 Å². The number of nitrogens with zero attached hydrogens (tertiary/aromatic N) is 2. The molecule has 1 saturated carbocycles. The van der Waals surface area contributed by atoms with Gasteiger partial charge >= 0.3 is 0 Å². The lowest BCUT2D eigenvalue weighted by Crippen LogP contribution is -1.97. The third kappa shape index (κ3) is 1.94. The van der Waals surface area contributed by atoms with Gasteiger partial charge in [-0.3, -0.25) is 0 Å². The summed E-state index contributed by atoms with van der Waals surface area (Å²) in [6.45, 7) is 0. The van der Waals surface area contributed by atoms with Gasteiger partial charge in [0.2, 0.25) is 0 Å². The number of hydrogen-bond acceptors (Lipinski definition) is 2. The summed E-state index contributed by atoms with van der Waals surface area (Å²) in [4.78, 5) is 0. The van der Waals surface area contributed by atoms with Crippen LogP contribution in [0, 0.1) is 0 Å². The van der Waals surface area contributed by atoms with Gasteiger partial charge in [-0.2, -0.15) is 0 Å². The maximum absolute atomic E-state index is 5.94. The van der Waals surface area contributed by atoms with E-state index in [9.17, 15) is 0 Å². The second-order valence-corrected chi connectivity index (χ2v) is 4.14. The summed E-state index contributed by atoms with van der Waals surface area (Å²) in [6.07, 6.45) is 4.95. The Balaban J connectivity index is 2.32. The lowest BCUT2D eigenvalue weighted by atomic mass is 10.0. The standard InChI is InChI=1S/C9H10Cl2N2/c10-8-5-7(9(11)13-12-8)6-3-1-2-4-6/h5-6H,1-4H2. The molecule has 1 aliphatic carbocycles. The van der Waals surface area contributed by atoms with E-state index in [1.54, 1.807) is 0 Å². The number of halogens is 2. The molecular formula is C9H10Cl2N2. The van der Waals surface area contributed by atoms with E-state index in [1.807, 2.05) is 6.07 Å². The van der Waals surface area contributed by atoms with Crippen LogP contribution in [0.5, 0.6) is 0 Å². The summed E-state index contributed by atoms with van der Waals surface area (Å²) >= 11 is 11.7. The monoisotopic (exact) mass is 216 g/mol. The Morgan fingerprint density at radius 1 is 1.15 bits per heavy atom. The van der Waals surface area contributed by atoms with Crippen molar-refractivity contribution in [1.29, 1.82) is 0 Å². The van der Waals surface area contributed by atoms with Gasteiger partial charge in [0, 0.05) is 0 Å². The first kappa shape index (κ1) is 9.22. The molecule has 13 heavy (non-hydrogen) atoms. The van der Waals surface area contributed by atoms with E-state index < -0.39 is 0 Å². The van der Waals surface area contributed by atoms with E-state index in [0.29, 0.717) is 16.2 Å². The van der Waals surface area contributed by atoms with Crippen LogP contribution >= 0.6 is 23.2 Å². The van der Waals surface area contributed by atoms with Gasteiger partial charge in [-0.1, -0.05) is 36.0 Å². The van der Waals surface area contributed by atoms with E-state index in [2.05, 4.69) is 10.2 Å². The van der Waals surface area contributed by atoms with Crippen molar-refractivity contribution in [1.82, 2.24) is 10.2 Å². The zero-order chi connectivity index (χ0) is 9.26. The first-order valence-electron chi connectivity index (χ1n) is 4.46. The molecule has 1 aromatic rings. The van der Waals surface area contributed by atoms with Crippen LogP contribution in [0.3, 0.4) is 0 Å². The van der Waals surface area contributed by atoms with Crippen molar-refractivity contribution < 1.29 is 0 Å². The van der Waals surface area contributed by atoms with Crippen molar-refractivity contribution in [3.63, 3.8) is 0 Å². The SMILES string of the molecule is Clc1cc(C2CCCC2)c(Cl)nn1. The first-order valence-corrected chi connectivity index (χ1v) is 5.21. The van der Waals surface area contributed by atoms with Gasteiger partial charge in [0.15, 0.2) is 10.3 Å². The highest BCUT2D eigenvalue weighted by molar-refractivity contribution is 6.31. The molecule has 1 fully saturated rings. The van der Waals surface area contributed by atoms with Crippen LogP contribution in [-0.2, 0) is 0 Å².